The summed E-state index contributed by atoms with van der Waals surface area (Å²) >= 11 is 0. The van der Waals surface area contributed by atoms with E-state index < -0.39 is 10.9 Å². The summed E-state index contributed by atoms with van der Waals surface area (Å²) in [4.78, 5) is 24.6. The van der Waals surface area contributed by atoms with Crippen LogP contribution in [0, 0.1) is 20.8 Å². The molecule has 0 amide bonds. The zero-order chi connectivity index (χ0) is 19.4. The molecule has 0 heterocycles. The third-order valence-corrected chi connectivity index (χ3v) is 4.10. The van der Waals surface area contributed by atoms with Gasteiger partial charge in [0.1, 0.15) is 5.36 Å². The summed E-state index contributed by atoms with van der Waals surface area (Å²) in [6.45, 7) is 5.91. The van der Waals surface area contributed by atoms with Gasteiger partial charge in [-0.25, -0.2) is 0 Å². The number of benzene rings is 3. The second-order valence-electron chi connectivity index (χ2n) is 6.39. The molecule has 0 spiro atoms. The first-order chi connectivity index (χ1) is 12.9. The molecular weight excluding hydrogens is 340 g/mol. The number of hydrogen-bond acceptors (Lipinski definition) is 6. The van der Waals surface area contributed by atoms with Crippen molar-refractivity contribution in [2.24, 2.45) is 10.2 Å². The standard InChI is InChI=1S/C21H20N4O2/c1-13-4-7-16(8-5-13)22-24-18-10-11-19(26)20(21(18)27)25-23-17-9-6-14(2)12-15(17)3/h4-12,22-23H,1-3H3. The highest BCUT2D eigenvalue weighted by atomic mass is 16.1. The van der Waals surface area contributed by atoms with Crippen LogP contribution in [0.1, 0.15) is 16.7 Å². The number of hydrogen-bond donors (Lipinski definition) is 2. The summed E-state index contributed by atoms with van der Waals surface area (Å²) in [6.07, 6.45) is 0. The van der Waals surface area contributed by atoms with E-state index in [0.717, 1.165) is 28.1 Å². The molecule has 3 rings (SSSR count). The van der Waals surface area contributed by atoms with Gasteiger partial charge < -0.3 is 0 Å². The molecule has 2 N–H and O–H groups in total. The van der Waals surface area contributed by atoms with Gasteiger partial charge in [-0.15, -0.1) is 0 Å². The average molecular weight is 360 g/mol. The van der Waals surface area contributed by atoms with Crippen LogP contribution in [-0.4, -0.2) is 0 Å². The minimum Gasteiger partial charge on any atom is -0.287 e. The molecule has 3 aromatic rings. The Labute approximate surface area is 156 Å². The minimum absolute atomic E-state index is 0.122. The van der Waals surface area contributed by atoms with Crippen molar-refractivity contribution < 1.29 is 0 Å². The van der Waals surface area contributed by atoms with Gasteiger partial charge in [-0.3, -0.25) is 20.4 Å². The lowest BCUT2D eigenvalue weighted by Gasteiger charge is -2.05. The van der Waals surface area contributed by atoms with Crippen molar-refractivity contribution in [1.82, 2.24) is 0 Å². The molecule has 0 aliphatic carbocycles. The smallest absolute Gasteiger partial charge is 0.237 e. The lowest BCUT2D eigenvalue weighted by molar-refractivity contribution is 1.10. The van der Waals surface area contributed by atoms with Crippen LogP contribution in [0.3, 0.4) is 0 Å². The van der Waals surface area contributed by atoms with Gasteiger partial charge in [0.2, 0.25) is 10.9 Å². The van der Waals surface area contributed by atoms with Crippen LogP contribution >= 0.6 is 0 Å². The molecule has 27 heavy (non-hydrogen) atoms. The van der Waals surface area contributed by atoms with Crippen LogP contribution in [0.15, 0.2) is 74.4 Å². The predicted octanol–water partition coefficient (Wildman–Crippen LogP) is 2.06. The molecule has 0 aliphatic heterocycles. The molecule has 0 radical (unpaired) electrons. The highest BCUT2D eigenvalue weighted by molar-refractivity contribution is 5.51. The second kappa shape index (κ2) is 7.78. The summed E-state index contributed by atoms with van der Waals surface area (Å²) in [7, 11) is 0. The van der Waals surface area contributed by atoms with Crippen LogP contribution < -0.4 is 32.4 Å². The van der Waals surface area contributed by atoms with Crippen LogP contribution in [0.2, 0.25) is 0 Å². The lowest BCUT2D eigenvalue weighted by atomic mass is 10.1. The van der Waals surface area contributed by atoms with Gasteiger partial charge in [0.05, 0.1) is 11.4 Å². The van der Waals surface area contributed by atoms with Gasteiger partial charge in [-0.2, -0.15) is 10.2 Å². The van der Waals surface area contributed by atoms with Gasteiger partial charge in [-0.1, -0.05) is 35.4 Å². The molecule has 0 saturated heterocycles. The van der Waals surface area contributed by atoms with Crippen LogP contribution in [0.25, 0.3) is 0 Å². The number of rotatable bonds is 4. The largest absolute Gasteiger partial charge is 0.287 e. The van der Waals surface area contributed by atoms with Crippen molar-refractivity contribution in [3.8, 4) is 0 Å². The predicted molar refractivity (Wildman–Crippen MR) is 107 cm³/mol. The van der Waals surface area contributed by atoms with Gasteiger partial charge in [0, 0.05) is 0 Å². The fourth-order valence-electron chi connectivity index (χ4n) is 2.54. The van der Waals surface area contributed by atoms with Gasteiger partial charge >= 0.3 is 0 Å². The number of nitrogens with zero attached hydrogens (tertiary/aromatic N) is 2. The summed E-state index contributed by atoms with van der Waals surface area (Å²) < 4.78 is 0. The first kappa shape index (κ1) is 18.3. The molecule has 3 aromatic carbocycles. The molecule has 0 aromatic heterocycles. The summed E-state index contributed by atoms with van der Waals surface area (Å²) in [5.41, 5.74) is 9.35. The number of nitrogens with one attached hydrogen (secondary N) is 2. The highest BCUT2D eigenvalue weighted by Crippen LogP contribution is 2.15. The van der Waals surface area contributed by atoms with E-state index >= 15 is 0 Å². The summed E-state index contributed by atoms with van der Waals surface area (Å²) in [5.74, 6) is 0. The Morgan fingerprint density at radius 3 is 2.15 bits per heavy atom. The topological polar surface area (TPSA) is 82.9 Å². The van der Waals surface area contributed by atoms with Crippen molar-refractivity contribution in [3.63, 3.8) is 0 Å². The van der Waals surface area contributed by atoms with E-state index in [1.165, 1.54) is 12.1 Å². The monoisotopic (exact) mass is 360 g/mol. The van der Waals surface area contributed by atoms with Gasteiger partial charge in [0.15, 0.2) is 5.36 Å². The molecule has 6 nitrogen and oxygen atoms in total. The van der Waals surface area contributed by atoms with Crippen LogP contribution in [0.4, 0.5) is 11.4 Å². The molecule has 6 heteroatoms. The second-order valence-corrected chi connectivity index (χ2v) is 6.39. The van der Waals surface area contributed by atoms with Crippen molar-refractivity contribution in [1.29, 1.82) is 0 Å². The SMILES string of the molecule is Cc1ccc(NN=c2ccc(=O)c(=NNc3ccc(C)cc3C)c2=O)cc1. The van der Waals surface area contributed by atoms with Crippen LogP contribution in [-0.2, 0) is 0 Å². The molecule has 0 unspecified atom stereocenters. The fourth-order valence-corrected chi connectivity index (χ4v) is 2.54. The summed E-state index contributed by atoms with van der Waals surface area (Å²) in [5, 5.41) is 8.06. The zero-order valence-electron chi connectivity index (χ0n) is 15.4. The first-order valence-electron chi connectivity index (χ1n) is 8.52. The van der Waals surface area contributed by atoms with Crippen molar-refractivity contribution in [3.05, 3.63) is 102 Å². The van der Waals surface area contributed by atoms with E-state index in [4.69, 9.17) is 0 Å². The van der Waals surface area contributed by atoms with E-state index in [1.807, 2.05) is 63.2 Å². The molecule has 0 bridgehead atoms. The highest BCUT2D eigenvalue weighted by Gasteiger charge is 2.02. The van der Waals surface area contributed by atoms with Crippen molar-refractivity contribution in [2.75, 3.05) is 10.9 Å². The Hall–Kier alpha value is -3.54. The Bertz CT molecular complexity index is 1190. The Balaban J connectivity index is 1.95. The van der Waals surface area contributed by atoms with Gasteiger partial charge in [0.25, 0.3) is 0 Å². The lowest BCUT2D eigenvalue weighted by Crippen LogP contribution is -2.48. The van der Waals surface area contributed by atoms with Crippen molar-refractivity contribution in [2.45, 2.75) is 20.8 Å². The average Bonchev–Trinajstić information content (AvgIpc) is 2.64. The Kier molecular flexibility index (Phi) is 5.26. The molecule has 136 valence electrons. The van der Waals surface area contributed by atoms with E-state index in [9.17, 15) is 9.59 Å². The summed E-state index contributed by atoms with van der Waals surface area (Å²) in [6, 6.07) is 16.1. The van der Waals surface area contributed by atoms with Crippen LogP contribution in [0.5, 0.6) is 0 Å². The number of aryl methyl sites for hydroxylation is 3. The maximum absolute atomic E-state index is 12.6. The quantitative estimate of drug-likeness (QED) is 0.698. The first-order valence-corrected chi connectivity index (χ1v) is 8.52. The zero-order valence-corrected chi connectivity index (χ0v) is 15.4. The van der Waals surface area contributed by atoms with Gasteiger partial charge in [-0.05, 0) is 56.7 Å². The Morgan fingerprint density at radius 2 is 1.44 bits per heavy atom. The normalized spacial score (nSPS) is 12.3. The third-order valence-electron chi connectivity index (χ3n) is 4.10. The molecule has 0 saturated carbocycles. The van der Waals surface area contributed by atoms with E-state index in [2.05, 4.69) is 21.1 Å². The maximum Gasteiger partial charge on any atom is 0.237 e. The number of anilines is 2. The molecule has 0 atom stereocenters. The van der Waals surface area contributed by atoms with E-state index in [-0.39, 0.29) is 10.7 Å². The van der Waals surface area contributed by atoms with Crippen molar-refractivity contribution >= 4 is 11.4 Å². The van der Waals surface area contributed by atoms with E-state index in [1.54, 1.807) is 0 Å². The minimum atomic E-state index is -0.528. The maximum atomic E-state index is 12.6. The Morgan fingerprint density at radius 1 is 0.741 bits per heavy atom. The molecule has 0 aliphatic rings. The fraction of sp³-hybridized carbons (Fsp3) is 0.143. The molecular formula is C21H20N4O2. The third kappa shape index (κ3) is 4.36. The van der Waals surface area contributed by atoms with E-state index in [0.29, 0.717) is 0 Å². The molecule has 0 fully saturated rings.